The number of benzene rings is 4. The fourth-order valence-electron chi connectivity index (χ4n) is 9.27. The molecule has 1 nitrogen and oxygen atoms in total. The Balaban J connectivity index is 1.44. The van der Waals surface area contributed by atoms with Gasteiger partial charge in [-0.1, -0.05) is 173 Å². The molecule has 254 valence electrons. The van der Waals surface area contributed by atoms with Crippen molar-refractivity contribution in [2.45, 2.75) is 167 Å². The summed E-state index contributed by atoms with van der Waals surface area (Å²) in [5.41, 5.74) is 3.19. The maximum atomic E-state index is 14.3. The Kier molecular flexibility index (Phi) is 13.2. The molecule has 4 aromatic carbocycles. The highest BCUT2D eigenvalue weighted by atomic mass is 28.4. The summed E-state index contributed by atoms with van der Waals surface area (Å²) in [6, 6.07) is 20.4. The minimum Gasteiger partial charge on any atom is -0.543 e. The molecule has 0 saturated carbocycles. The molecule has 1 atom stereocenters. The lowest BCUT2D eigenvalue weighted by atomic mass is 9.94. The Hall–Kier alpha value is -1.92. The number of hydrogen-bond donors (Lipinski definition) is 0. The molecule has 0 amide bonds. The molecule has 0 bridgehead atoms. The van der Waals surface area contributed by atoms with Crippen LogP contribution in [-0.2, 0) is 0 Å². The summed E-state index contributed by atoms with van der Waals surface area (Å²) in [5.74, 6) is 0.874. The summed E-state index contributed by atoms with van der Waals surface area (Å²) in [4.78, 5) is 0. The summed E-state index contributed by atoms with van der Waals surface area (Å²) >= 11 is 0. The molecule has 0 spiro atoms. The van der Waals surface area contributed by atoms with E-state index in [0.717, 1.165) is 33.1 Å². The van der Waals surface area contributed by atoms with E-state index in [9.17, 15) is 4.39 Å². The lowest BCUT2D eigenvalue weighted by molar-refractivity contribution is 0.495. The average Bonchev–Trinajstić information content (AvgIpc) is 3.00. The van der Waals surface area contributed by atoms with Crippen LogP contribution < -0.4 is 4.43 Å². The molecule has 46 heavy (non-hydrogen) atoms. The van der Waals surface area contributed by atoms with Gasteiger partial charge in [-0.05, 0) is 74.2 Å². The first kappa shape index (κ1) is 36.9. The molecule has 4 heteroatoms. The highest BCUT2D eigenvalue weighted by Crippen LogP contribution is 2.46. The molecule has 0 aliphatic carbocycles. The van der Waals surface area contributed by atoms with Crippen molar-refractivity contribution in [2.75, 3.05) is 0 Å². The van der Waals surface area contributed by atoms with Gasteiger partial charge in [0.05, 0.1) is 8.07 Å². The van der Waals surface area contributed by atoms with Gasteiger partial charge >= 0.3 is 0 Å². The highest BCUT2D eigenvalue weighted by Gasteiger charge is 2.42. The summed E-state index contributed by atoms with van der Waals surface area (Å²) in [7, 11) is -3.30. The first-order valence-corrected chi connectivity index (χ1v) is 23.9. The largest absolute Gasteiger partial charge is 0.543 e. The first-order chi connectivity index (χ1) is 21.9. The van der Waals surface area contributed by atoms with Gasteiger partial charge in [0.1, 0.15) is 11.6 Å². The van der Waals surface area contributed by atoms with Gasteiger partial charge in [0, 0.05) is 0 Å². The zero-order chi connectivity index (χ0) is 33.5. The lowest BCUT2D eigenvalue weighted by Gasteiger charge is -2.43. The van der Waals surface area contributed by atoms with E-state index in [0.29, 0.717) is 5.54 Å². The van der Waals surface area contributed by atoms with Crippen molar-refractivity contribution >= 4 is 48.7 Å². The number of halogens is 1. The molecule has 0 saturated heterocycles. The van der Waals surface area contributed by atoms with Crippen molar-refractivity contribution < 1.29 is 8.82 Å². The lowest BCUT2D eigenvalue weighted by Crippen LogP contribution is -2.44. The zero-order valence-corrected chi connectivity index (χ0v) is 32.9. The Morgan fingerprint density at radius 1 is 0.522 bits per heavy atom. The van der Waals surface area contributed by atoms with Crippen molar-refractivity contribution in [1.29, 1.82) is 0 Å². The minimum atomic E-state index is -2.04. The molecule has 0 fully saturated rings. The summed E-state index contributed by atoms with van der Waals surface area (Å²) in [6.07, 6.45) is 13.4. The van der Waals surface area contributed by atoms with Crippen LogP contribution >= 0.6 is 0 Å². The molecule has 4 aromatic rings. The van der Waals surface area contributed by atoms with Gasteiger partial charge in [-0.15, -0.1) is 0 Å². The number of hydrogen-bond acceptors (Lipinski definition) is 1. The van der Waals surface area contributed by atoms with E-state index in [4.69, 9.17) is 4.43 Å². The Morgan fingerprint density at radius 3 is 1.33 bits per heavy atom. The molecule has 0 N–H and O–H groups in total. The van der Waals surface area contributed by atoms with Crippen LogP contribution in [0.2, 0.25) is 40.3 Å². The van der Waals surface area contributed by atoms with Crippen LogP contribution in [0.15, 0.2) is 48.5 Å². The third-order valence-corrected chi connectivity index (χ3v) is 24.8. The van der Waals surface area contributed by atoms with E-state index >= 15 is 0 Å². The van der Waals surface area contributed by atoms with E-state index in [2.05, 4.69) is 98.7 Å². The highest BCUT2D eigenvalue weighted by molar-refractivity contribution is 6.83. The Labute approximate surface area is 283 Å². The monoisotopic (exact) mass is 660 g/mol. The van der Waals surface area contributed by atoms with Gasteiger partial charge in [-0.3, -0.25) is 0 Å². The van der Waals surface area contributed by atoms with Crippen LogP contribution in [0.4, 0.5) is 4.39 Å². The molecule has 0 aromatic heterocycles. The predicted molar refractivity (Wildman–Crippen MR) is 209 cm³/mol. The first-order valence-electron chi connectivity index (χ1n) is 19.0. The van der Waals surface area contributed by atoms with Gasteiger partial charge in [-0.25, -0.2) is 4.39 Å². The number of rotatable bonds is 20. The average molecular weight is 661 g/mol. The van der Waals surface area contributed by atoms with Crippen LogP contribution in [0, 0.1) is 5.82 Å². The van der Waals surface area contributed by atoms with E-state index in [1.165, 1.54) is 104 Å². The zero-order valence-electron chi connectivity index (χ0n) is 30.9. The molecule has 0 heterocycles. The predicted octanol–water partition coefficient (Wildman–Crippen LogP) is 15.1. The van der Waals surface area contributed by atoms with Gasteiger partial charge in [0.2, 0.25) is 0 Å². The third kappa shape index (κ3) is 8.20. The quantitative estimate of drug-likeness (QED) is 0.0521. The fourth-order valence-corrected chi connectivity index (χ4v) is 20.0. The second-order valence-corrected chi connectivity index (χ2v) is 26.6. The van der Waals surface area contributed by atoms with E-state index < -0.39 is 16.4 Å². The van der Waals surface area contributed by atoms with Crippen molar-refractivity contribution in [2.24, 2.45) is 0 Å². The molecular formula is C42H65FOSi2. The van der Waals surface area contributed by atoms with E-state index in [-0.39, 0.29) is 5.82 Å². The SMILES string of the molecule is CCCCCC[Si](CCCCCCCC[Si](C(C)C)(C(C)C)C(C)C)(Oc1cc2ccc3cc(F)cc4ccc(c1)c2c34)C(C)C. The molecule has 4 rings (SSSR count). The maximum Gasteiger partial charge on any atom is 0.253 e. The van der Waals surface area contributed by atoms with Gasteiger partial charge in [0.15, 0.2) is 0 Å². The standard InChI is InChI=1S/C42H65FOSi2/c1-10-11-12-17-24-45(31(2)3,25-18-15-13-14-16-19-26-46(32(4)5,33(6)7)34(8)9)44-40-29-37-22-20-35-27-39(43)28-36-21-23-38(30-40)42(37)41(35)36/h20-23,27-34H,10-19,24-26H2,1-9H3. The topological polar surface area (TPSA) is 9.23 Å². The molecule has 0 radical (unpaired) electrons. The van der Waals surface area contributed by atoms with E-state index in [1.54, 1.807) is 12.1 Å². The Morgan fingerprint density at radius 2 is 0.913 bits per heavy atom. The number of unbranched alkanes of at least 4 members (excludes halogenated alkanes) is 8. The molecule has 0 aliphatic heterocycles. The summed E-state index contributed by atoms with van der Waals surface area (Å²) in [5, 5.41) is 6.76. The van der Waals surface area contributed by atoms with Crippen LogP contribution in [-0.4, -0.2) is 16.4 Å². The van der Waals surface area contributed by atoms with Crippen molar-refractivity contribution in [3.63, 3.8) is 0 Å². The summed E-state index contributed by atoms with van der Waals surface area (Å²) < 4.78 is 21.6. The summed E-state index contributed by atoms with van der Waals surface area (Å²) in [6.45, 7) is 22.2. The normalized spacial score (nSPS) is 14.2. The van der Waals surface area contributed by atoms with Gasteiger partial charge in [-0.2, -0.15) is 0 Å². The fraction of sp³-hybridized carbons (Fsp3) is 0.619. The van der Waals surface area contributed by atoms with E-state index in [1.807, 2.05) is 0 Å². The second-order valence-electron chi connectivity index (χ2n) is 15.9. The second kappa shape index (κ2) is 16.5. The van der Waals surface area contributed by atoms with Crippen LogP contribution in [0.1, 0.15) is 127 Å². The Bertz CT molecular complexity index is 1420. The van der Waals surface area contributed by atoms with Crippen molar-refractivity contribution in [3.05, 3.63) is 54.3 Å². The molecular weight excluding hydrogens is 596 g/mol. The molecule has 0 aliphatic rings. The van der Waals surface area contributed by atoms with Crippen LogP contribution in [0.3, 0.4) is 0 Å². The minimum absolute atomic E-state index is 0.169. The van der Waals surface area contributed by atoms with Gasteiger partial charge < -0.3 is 4.43 Å². The van der Waals surface area contributed by atoms with Crippen molar-refractivity contribution in [3.8, 4) is 5.75 Å². The third-order valence-electron chi connectivity index (χ3n) is 12.0. The van der Waals surface area contributed by atoms with Crippen LogP contribution in [0.25, 0.3) is 32.3 Å². The van der Waals surface area contributed by atoms with Crippen molar-refractivity contribution in [1.82, 2.24) is 0 Å². The molecule has 1 unspecified atom stereocenters. The maximum absolute atomic E-state index is 14.3. The smallest absolute Gasteiger partial charge is 0.253 e. The van der Waals surface area contributed by atoms with Crippen LogP contribution in [0.5, 0.6) is 5.75 Å². The van der Waals surface area contributed by atoms with Gasteiger partial charge in [0.25, 0.3) is 8.32 Å².